The molecule has 1 unspecified atom stereocenters. The van der Waals surface area contributed by atoms with Crippen LogP contribution in [-0.2, 0) is 11.2 Å². The van der Waals surface area contributed by atoms with E-state index in [-0.39, 0.29) is 0 Å². The smallest absolute Gasteiger partial charge is 0.412 e. The number of rotatable bonds is 8. The van der Waals surface area contributed by atoms with E-state index in [0.29, 0.717) is 17.8 Å². The molecule has 0 aliphatic rings. The maximum Gasteiger partial charge on any atom is 0.412 e. The van der Waals surface area contributed by atoms with Crippen molar-refractivity contribution in [1.82, 2.24) is 15.0 Å². The highest BCUT2D eigenvalue weighted by Crippen LogP contribution is 2.22. The van der Waals surface area contributed by atoms with Crippen molar-refractivity contribution in [2.45, 2.75) is 26.4 Å². The zero-order valence-corrected chi connectivity index (χ0v) is 16.7. The Labute approximate surface area is 170 Å². The number of nitrogens with zero attached hydrogens (tertiary/aromatic N) is 4. The molecule has 3 rings (SSSR count). The fraction of sp³-hybridized carbons (Fsp3) is 0.273. The van der Waals surface area contributed by atoms with Crippen LogP contribution in [0.5, 0.6) is 0 Å². The van der Waals surface area contributed by atoms with E-state index in [2.05, 4.69) is 39.0 Å². The average Bonchev–Trinajstić information content (AvgIpc) is 2.76. The number of pyridine rings is 1. The van der Waals surface area contributed by atoms with Crippen LogP contribution < -0.4 is 10.2 Å². The van der Waals surface area contributed by atoms with Gasteiger partial charge in [-0.2, -0.15) is 0 Å². The van der Waals surface area contributed by atoms with Crippen LogP contribution in [0.1, 0.15) is 31.3 Å². The molecule has 2 heterocycles. The van der Waals surface area contributed by atoms with Gasteiger partial charge in [0.2, 0.25) is 0 Å². The lowest BCUT2D eigenvalue weighted by Crippen LogP contribution is -2.22. The van der Waals surface area contributed by atoms with Crippen molar-refractivity contribution >= 4 is 17.5 Å². The van der Waals surface area contributed by atoms with Gasteiger partial charge in [-0.15, -0.1) is 0 Å². The molecule has 1 N–H and O–H groups in total. The number of carbonyl (C=O) groups is 1. The third-order valence-corrected chi connectivity index (χ3v) is 4.55. The average molecular weight is 391 g/mol. The molecule has 0 bridgehead atoms. The van der Waals surface area contributed by atoms with E-state index in [1.165, 1.54) is 6.33 Å². The van der Waals surface area contributed by atoms with Gasteiger partial charge in [0.1, 0.15) is 6.33 Å². The van der Waals surface area contributed by atoms with Crippen LogP contribution >= 0.6 is 0 Å². The summed E-state index contributed by atoms with van der Waals surface area (Å²) in [5, 5.41) is 2.79. The third kappa shape index (κ3) is 5.75. The molecule has 1 amide bonds. The Morgan fingerprint density at radius 2 is 1.83 bits per heavy atom. The fourth-order valence-corrected chi connectivity index (χ4v) is 3.02. The molecule has 1 atom stereocenters. The summed E-state index contributed by atoms with van der Waals surface area (Å²) < 4.78 is 5.68. The number of aromatic nitrogens is 3. The van der Waals surface area contributed by atoms with Gasteiger partial charge >= 0.3 is 6.09 Å². The number of benzene rings is 1. The Hall–Kier alpha value is -3.48. The zero-order chi connectivity index (χ0) is 20.5. The molecule has 0 saturated carbocycles. The number of amides is 1. The molecule has 0 fully saturated rings. The first-order chi connectivity index (χ1) is 14.2. The van der Waals surface area contributed by atoms with Crippen LogP contribution in [0.25, 0.3) is 0 Å². The van der Waals surface area contributed by atoms with Crippen molar-refractivity contribution < 1.29 is 9.53 Å². The molecular formula is C22H25N5O2. The zero-order valence-electron chi connectivity index (χ0n) is 16.7. The lowest BCUT2D eigenvalue weighted by Gasteiger charge is -2.21. The van der Waals surface area contributed by atoms with Crippen LogP contribution in [0.3, 0.4) is 0 Å². The van der Waals surface area contributed by atoms with Crippen molar-refractivity contribution in [3.63, 3.8) is 0 Å². The first kappa shape index (κ1) is 20.3. The maximum atomic E-state index is 12.5. The van der Waals surface area contributed by atoms with E-state index >= 15 is 0 Å². The monoisotopic (exact) mass is 391 g/mol. The fourth-order valence-electron chi connectivity index (χ4n) is 3.02. The molecule has 1 aromatic carbocycles. The van der Waals surface area contributed by atoms with Gasteiger partial charge in [0.15, 0.2) is 6.10 Å². The minimum absolute atomic E-state index is 0.411. The maximum absolute atomic E-state index is 12.5. The van der Waals surface area contributed by atoms with Crippen LogP contribution in [0.2, 0.25) is 0 Å². The van der Waals surface area contributed by atoms with Crippen LogP contribution in [0.4, 0.5) is 16.2 Å². The minimum Gasteiger partial charge on any atom is -0.439 e. The Kier molecular flexibility index (Phi) is 7.10. The number of hydrogen-bond donors (Lipinski definition) is 1. The molecule has 0 spiro atoms. The molecule has 0 aliphatic carbocycles. The molecule has 7 nitrogen and oxygen atoms in total. The summed E-state index contributed by atoms with van der Waals surface area (Å²) >= 11 is 0. The minimum atomic E-state index is -0.555. The van der Waals surface area contributed by atoms with Gasteiger partial charge < -0.3 is 9.64 Å². The molecule has 3 aromatic rings. The molecule has 0 aliphatic heterocycles. The number of hydrogen-bond acceptors (Lipinski definition) is 6. The summed E-state index contributed by atoms with van der Waals surface area (Å²) in [7, 11) is 0. The highest BCUT2D eigenvalue weighted by Gasteiger charge is 2.19. The summed E-state index contributed by atoms with van der Waals surface area (Å²) in [5.74, 6) is 0. The Morgan fingerprint density at radius 1 is 1.03 bits per heavy atom. The van der Waals surface area contributed by atoms with Gasteiger partial charge in [-0.1, -0.05) is 6.07 Å². The second-order valence-corrected chi connectivity index (χ2v) is 6.40. The van der Waals surface area contributed by atoms with E-state index in [1.54, 1.807) is 18.5 Å². The molecule has 7 heteroatoms. The van der Waals surface area contributed by atoms with Gasteiger partial charge in [0.25, 0.3) is 0 Å². The largest absolute Gasteiger partial charge is 0.439 e. The van der Waals surface area contributed by atoms with Crippen molar-refractivity contribution in [3.8, 4) is 0 Å². The second kappa shape index (κ2) is 10.2. The summed E-state index contributed by atoms with van der Waals surface area (Å²) in [6.07, 6.45) is 4.13. The normalized spacial score (nSPS) is 11.5. The number of carbonyl (C=O) groups excluding carboxylic acids is 1. The Morgan fingerprint density at radius 3 is 2.45 bits per heavy atom. The van der Waals surface area contributed by atoms with Crippen LogP contribution in [0, 0.1) is 0 Å². The Balaban J connectivity index is 1.68. The standard InChI is InChI=1S/C22H25N5O2/c1-3-27(4-2)19-10-8-17(9-11-19)26-22(28)29-21(20-7-5-6-13-24-20)15-18-12-14-23-16-25-18/h5-14,16,21H,3-4,15H2,1-2H3,(H,26,28). The van der Waals surface area contributed by atoms with Crippen LogP contribution in [0.15, 0.2) is 67.3 Å². The van der Waals surface area contributed by atoms with Crippen molar-refractivity contribution in [2.75, 3.05) is 23.3 Å². The summed E-state index contributed by atoms with van der Waals surface area (Å²) in [6.45, 7) is 6.09. The van der Waals surface area contributed by atoms with Gasteiger partial charge in [-0.05, 0) is 56.3 Å². The molecular weight excluding hydrogens is 366 g/mol. The molecule has 29 heavy (non-hydrogen) atoms. The number of anilines is 2. The predicted octanol–water partition coefficient (Wildman–Crippen LogP) is 4.25. The lowest BCUT2D eigenvalue weighted by atomic mass is 10.1. The van der Waals surface area contributed by atoms with E-state index < -0.39 is 12.2 Å². The van der Waals surface area contributed by atoms with E-state index in [1.807, 2.05) is 42.5 Å². The molecule has 150 valence electrons. The summed E-state index contributed by atoms with van der Waals surface area (Å²) in [5.41, 5.74) is 3.22. The van der Waals surface area contributed by atoms with Gasteiger partial charge in [-0.25, -0.2) is 14.8 Å². The van der Waals surface area contributed by atoms with Gasteiger partial charge in [-0.3, -0.25) is 10.3 Å². The quantitative estimate of drug-likeness (QED) is 0.618. The number of ether oxygens (including phenoxy) is 1. The molecule has 0 saturated heterocycles. The lowest BCUT2D eigenvalue weighted by molar-refractivity contribution is 0.108. The predicted molar refractivity (Wildman–Crippen MR) is 113 cm³/mol. The van der Waals surface area contributed by atoms with E-state index in [0.717, 1.165) is 24.5 Å². The molecule has 0 radical (unpaired) electrons. The van der Waals surface area contributed by atoms with Gasteiger partial charge in [0.05, 0.1) is 5.69 Å². The summed E-state index contributed by atoms with van der Waals surface area (Å²) in [6, 6.07) is 15.0. The Bertz CT molecular complexity index is 884. The highest BCUT2D eigenvalue weighted by atomic mass is 16.6. The number of nitrogens with one attached hydrogen (secondary N) is 1. The highest BCUT2D eigenvalue weighted by molar-refractivity contribution is 5.85. The van der Waals surface area contributed by atoms with Crippen molar-refractivity contribution in [1.29, 1.82) is 0 Å². The SMILES string of the molecule is CCN(CC)c1ccc(NC(=O)OC(Cc2ccncn2)c2ccccn2)cc1. The summed E-state index contributed by atoms with van der Waals surface area (Å²) in [4.78, 5) is 27.2. The van der Waals surface area contributed by atoms with Crippen molar-refractivity contribution in [2.24, 2.45) is 0 Å². The van der Waals surface area contributed by atoms with Gasteiger partial charge in [0, 0.05) is 49.0 Å². The first-order valence-corrected chi connectivity index (χ1v) is 9.68. The topological polar surface area (TPSA) is 80.2 Å². The van der Waals surface area contributed by atoms with Crippen LogP contribution in [-0.4, -0.2) is 34.1 Å². The second-order valence-electron chi connectivity index (χ2n) is 6.40. The van der Waals surface area contributed by atoms with E-state index in [4.69, 9.17) is 4.74 Å². The first-order valence-electron chi connectivity index (χ1n) is 9.68. The molecule has 2 aromatic heterocycles. The third-order valence-electron chi connectivity index (χ3n) is 4.55. The van der Waals surface area contributed by atoms with Crippen molar-refractivity contribution in [3.05, 3.63) is 78.6 Å². The van der Waals surface area contributed by atoms with E-state index in [9.17, 15) is 4.79 Å².